The van der Waals surface area contributed by atoms with Gasteiger partial charge in [-0.1, -0.05) is 26.2 Å². The van der Waals surface area contributed by atoms with E-state index in [0.29, 0.717) is 6.04 Å². The van der Waals surface area contributed by atoms with E-state index in [1.807, 2.05) is 0 Å². The molecule has 0 radical (unpaired) electrons. The molecule has 110 valence electrons. The van der Waals surface area contributed by atoms with Gasteiger partial charge in [0, 0.05) is 26.2 Å². The second-order valence-electron chi connectivity index (χ2n) is 5.72. The normalized spacial score (nSPS) is 23.7. The van der Waals surface area contributed by atoms with Crippen LogP contribution in [0, 0.1) is 0 Å². The molecule has 2 rings (SSSR count). The molecular formula is C14H29N5. The summed E-state index contributed by atoms with van der Waals surface area (Å²) in [5.41, 5.74) is 2.82. The van der Waals surface area contributed by atoms with Crippen molar-refractivity contribution in [3.63, 3.8) is 0 Å². The summed E-state index contributed by atoms with van der Waals surface area (Å²) >= 11 is 0. The number of aliphatic imine (C=N–C) groups is 1. The van der Waals surface area contributed by atoms with Gasteiger partial charge < -0.3 is 4.90 Å². The van der Waals surface area contributed by atoms with E-state index in [2.05, 4.69) is 22.1 Å². The predicted octanol–water partition coefficient (Wildman–Crippen LogP) is 1.17. The van der Waals surface area contributed by atoms with E-state index in [1.165, 1.54) is 45.1 Å². The molecule has 0 unspecified atom stereocenters. The lowest BCUT2D eigenvalue weighted by Crippen LogP contribution is -2.54. The van der Waals surface area contributed by atoms with Gasteiger partial charge in [-0.2, -0.15) is 0 Å². The Morgan fingerprint density at radius 1 is 1.16 bits per heavy atom. The first-order valence-electron chi connectivity index (χ1n) is 7.85. The predicted molar refractivity (Wildman–Crippen MR) is 79.9 cm³/mol. The number of guanidine groups is 1. The molecule has 2 fully saturated rings. The Labute approximate surface area is 117 Å². The molecule has 0 aromatic carbocycles. The zero-order valence-corrected chi connectivity index (χ0v) is 12.3. The monoisotopic (exact) mass is 267 g/mol. The molecule has 1 saturated heterocycles. The van der Waals surface area contributed by atoms with Crippen molar-refractivity contribution < 1.29 is 0 Å². The SMILES string of the molecule is CCCN1CCN(C(=NC2CCCCC2)NN)CC1. The van der Waals surface area contributed by atoms with Gasteiger partial charge in [0.05, 0.1) is 6.04 Å². The van der Waals surface area contributed by atoms with Crippen molar-refractivity contribution in [1.82, 2.24) is 15.2 Å². The molecule has 0 spiro atoms. The van der Waals surface area contributed by atoms with Gasteiger partial charge in [0.15, 0.2) is 0 Å². The Kier molecular flexibility index (Phi) is 5.92. The first-order chi connectivity index (χ1) is 9.33. The van der Waals surface area contributed by atoms with Gasteiger partial charge in [-0.25, -0.2) is 10.8 Å². The number of piperazine rings is 1. The smallest absolute Gasteiger partial charge is 0.208 e. The highest BCUT2D eigenvalue weighted by molar-refractivity contribution is 5.79. The van der Waals surface area contributed by atoms with E-state index in [0.717, 1.165) is 32.1 Å². The Morgan fingerprint density at radius 3 is 2.42 bits per heavy atom. The lowest BCUT2D eigenvalue weighted by molar-refractivity contribution is 0.179. The maximum absolute atomic E-state index is 5.68. The Bertz CT molecular complexity index is 278. The van der Waals surface area contributed by atoms with Crippen LogP contribution in [0.15, 0.2) is 4.99 Å². The van der Waals surface area contributed by atoms with Gasteiger partial charge in [-0.15, -0.1) is 0 Å². The van der Waals surface area contributed by atoms with Gasteiger partial charge >= 0.3 is 0 Å². The zero-order valence-electron chi connectivity index (χ0n) is 12.3. The van der Waals surface area contributed by atoms with Crippen LogP contribution in [-0.4, -0.2) is 54.5 Å². The lowest BCUT2D eigenvalue weighted by atomic mass is 9.96. The van der Waals surface area contributed by atoms with Crippen molar-refractivity contribution in [2.24, 2.45) is 10.8 Å². The number of nitrogens with two attached hydrogens (primary N) is 1. The fourth-order valence-electron chi connectivity index (χ4n) is 3.09. The van der Waals surface area contributed by atoms with E-state index in [9.17, 15) is 0 Å². The summed E-state index contributed by atoms with van der Waals surface area (Å²) in [6.07, 6.45) is 7.68. The van der Waals surface area contributed by atoms with Gasteiger partial charge in [0.1, 0.15) is 0 Å². The van der Waals surface area contributed by atoms with Crippen LogP contribution in [0.4, 0.5) is 0 Å². The summed E-state index contributed by atoms with van der Waals surface area (Å²) in [4.78, 5) is 9.66. The summed E-state index contributed by atoms with van der Waals surface area (Å²) < 4.78 is 0. The third-order valence-corrected chi connectivity index (χ3v) is 4.22. The Hall–Kier alpha value is -0.810. The van der Waals surface area contributed by atoms with E-state index in [1.54, 1.807) is 0 Å². The molecule has 5 heteroatoms. The van der Waals surface area contributed by atoms with Crippen molar-refractivity contribution in [3.8, 4) is 0 Å². The van der Waals surface area contributed by atoms with Crippen LogP contribution in [0.5, 0.6) is 0 Å². The van der Waals surface area contributed by atoms with E-state index in [-0.39, 0.29) is 0 Å². The molecule has 0 atom stereocenters. The third-order valence-electron chi connectivity index (χ3n) is 4.22. The molecular weight excluding hydrogens is 238 g/mol. The summed E-state index contributed by atoms with van der Waals surface area (Å²) in [7, 11) is 0. The second-order valence-corrected chi connectivity index (χ2v) is 5.72. The molecule has 1 saturated carbocycles. The number of nitrogens with zero attached hydrogens (tertiary/aromatic N) is 3. The molecule has 0 aromatic rings. The molecule has 0 bridgehead atoms. The van der Waals surface area contributed by atoms with Crippen LogP contribution in [0.1, 0.15) is 45.4 Å². The van der Waals surface area contributed by atoms with Crippen molar-refractivity contribution >= 4 is 5.96 Å². The van der Waals surface area contributed by atoms with E-state index >= 15 is 0 Å². The average Bonchev–Trinajstić information content (AvgIpc) is 2.47. The van der Waals surface area contributed by atoms with Crippen LogP contribution in [-0.2, 0) is 0 Å². The standard InChI is InChI=1S/C14H29N5/c1-2-8-18-9-11-19(12-10-18)14(17-15)16-13-6-4-3-5-7-13/h13H,2-12,15H2,1H3,(H,16,17). The number of nitrogens with one attached hydrogen (secondary N) is 1. The van der Waals surface area contributed by atoms with Crippen LogP contribution in [0.3, 0.4) is 0 Å². The molecule has 1 aliphatic carbocycles. The van der Waals surface area contributed by atoms with Crippen LogP contribution in [0.2, 0.25) is 0 Å². The van der Waals surface area contributed by atoms with Gasteiger partial charge in [-0.05, 0) is 25.8 Å². The second kappa shape index (κ2) is 7.70. The van der Waals surface area contributed by atoms with Gasteiger partial charge in [0.25, 0.3) is 0 Å². The highest BCUT2D eigenvalue weighted by Crippen LogP contribution is 2.20. The largest absolute Gasteiger partial charge is 0.339 e. The van der Waals surface area contributed by atoms with E-state index in [4.69, 9.17) is 10.8 Å². The van der Waals surface area contributed by atoms with Crippen molar-refractivity contribution in [3.05, 3.63) is 0 Å². The molecule has 0 amide bonds. The number of hydrogen-bond donors (Lipinski definition) is 2. The minimum Gasteiger partial charge on any atom is -0.339 e. The maximum Gasteiger partial charge on any atom is 0.208 e. The fraction of sp³-hybridized carbons (Fsp3) is 0.929. The molecule has 1 heterocycles. The van der Waals surface area contributed by atoms with Crippen molar-refractivity contribution in [2.45, 2.75) is 51.5 Å². The first kappa shape index (κ1) is 14.6. The Balaban J connectivity index is 1.85. The highest BCUT2D eigenvalue weighted by Gasteiger charge is 2.20. The minimum atomic E-state index is 0.480. The zero-order chi connectivity index (χ0) is 13.5. The van der Waals surface area contributed by atoms with E-state index < -0.39 is 0 Å². The number of hydrogen-bond acceptors (Lipinski definition) is 3. The number of hydrazine groups is 1. The topological polar surface area (TPSA) is 56.9 Å². The minimum absolute atomic E-state index is 0.480. The summed E-state index contributed by atoms with van der Waals surface area (Å²) in [5.74, 6) is 6.58. The first-order valence-corrected chi connectivity index (χ1v) is 7.85. The molecule has 1 aliphatic heterocycles. The van der Waals surface area contributed by atoms with Crippen LogP contribution in [0.25, 0.3) is 0 Å². The quantitative estimate of drug-likeness (QED) is 0.349. The Morgan fingerprint density at radius 2 is 1.84 bits per heavy atom. The van der Waals surface area contributed by atoms with Crippen LogP contribution < -0.4 is 11.3 Å². The molecule has 19 heavy (non-hydrogen) atoms. The molecule has 0 aromatic heterocycles. The van der Waals surface area contributed by atoms with Crippen molar-refractivity contribution in [2.75, 3.05) is 32.7 Å². The summed E-state index contributed by atoms with van der Waals surface area (Å²) in [6, 6.07) is 0.480. The highest BCUT2D eigenvalue weighted by atomic mass is 15.4. The average molecular weight is 267 g/mol. The fourth-order valence-corrected chi connectivity index (χ4v) is 3.09. The van der Waals surface area contributed by atoms with Crippen molar-refractivity contribution in [1.29, 1.82) is 0 Å². The van der Waals surface area contributed by atoms with Crippen LogP contribution >= 0.6 is 0 Å². The maximum atomic E-state index is 5.68. The summed E-state index contributed by atoms with van der Waals surface area (Å²) in [6.45, 7) is 7.77. The molecule has 3 N–H and O–H groups in total. The molecule has 2 aliphatic rings. The summed E-state index contributed by atoms with van der Waals surface area (Å²) in [5, 5.41) is 0. The molecule has 5 nitrogen and oxygen atoms in total. The lowest BCUT2D eigenvalue weighted by Gasteiger charge is -2.36. The number of rotatable bonds is 3. The van der Waals surface area contributed by atoms with Gasteiger partial charge in [0.2, 0.25) is 5.96 Å². The third kappa shape index (κ3) is 4.35. The van der Waals surface area contributed by atoms with Gasteiger partial charge in [-0.3, -0.25) is 10.3 Å².